The highest BCUT2D eigenvalue weighted by Crippen LogP contribution is 2.82. The molecular weight excluding hydrogens is 1120 g/mol. The molecule has 23 heteroatoms. The zero-order valence-electron chi connectivity index (χ0n) is 48.7. The van der Waals surface area contributed by atoms with Gasteiger partial charge in [-0.05, 0) is 68.1 Å². The van der Waals surface area contributed by atoms with Gasteiger partial charge in [0.2, 0.25) is 0 Å². The summed E-state index contributed by atoms with van der Waals surface area (Å²) in [6.07, 6.45) is 0.906. The SMILES string of the molecule is CCCCOc1cc(OCCCC)c(S(OS(=O)(=O)C(F)(F)C(F)(F)C(F)(F)C(F)(F)F)(c2c(OCCCC)cc(OCCCC)cc2OCCCC)c2c(OCCCC)cc(OCCCC)cc2OCCCC)c(OCCCC)c1. The fraction of sp³-hybridized carbons (Fsp3) is 0.690. The molecule has 0 radical (unpaired) electrons. The number of rotatable bonds is 44. The van der Waals surface area contributed by atoms with Gasteiger partial charge in [0.15, 0.2) is 0 Å². The summed E-state index contributed by atoms with van der Waals surface area (Å²) in [7, 11) is -13.3. The lowest BCUT2D eigenvalue weighted by atomic mass is 10.1. The molecule has 3 aromatic rings. The van der Waals surface area contributed by atoms with Gasteiger partial charge in [-0.2, -0.15) is 47.9 Å². The zero-order chi connectivity index (χ0) is 60.3. The summed E-state index contributed by atoms with van der Waals surface area (Å²) < 4.78 is 234. The quantitative estimate of drug-likeness (QED) is 0.0395. The van der Waals surface area contributed by atoms with E-state index in [9.17, 15) is 13.2 Å². The molecule has 0 spiro atoms. The van der Waals surface area contributed by atoms with Gasteiger partial charge in [0.25, 0.3) is 0 Å². The summed E-state index contributed by atoms with van der Waals surface area (Å²) in [6.45, 7) is 15.8. The van der Waals surface area contributed by atoms with Crippen LogP contribution in [-0.2, 0) is 13.7 Å². The van der Waals surface area contributed by atoms with E-state index in [1.54, 1.807) is 0 Å². The van der Waals surface area contributed by atoms with E-state index in [1.165, 1.54) is 36.4 Å². The fourth-order valence-electron chi connectivity index (χ4n) is 7.47. The van der Waals surface area contributed by atoms with Crippen LogP contribution in [0.3, 0.4) is 0 Å². The molecule has 0 heterocycles. The molecule has 0 saturated heterocycles. The second kappa shape index (κ2) is 34.3. The Balaban J connectivity index is 3.21. The topological polar surface area (TPSA) is 126 Å². The van der Waals surface area contributed by atoms with E-state index in [4.69, 9.17) is 46.3 Å². The Morgan fingerprint density at radius 1 is 0.321 bits per heavy atom. The van der Waals surface area contributed by atoms with Crippen molar-refractivity contribution < 1.29 is 94.2 Å². The van der Waals surface area contributed by atoms with E-state index in [0.29, 0.717) is 116 Å². The highest BCUT2D eigenvalue weighted by atomic mass is 32.3. The first-order chi connectivity index (χ1) is 38.5. The molecule has 3 rings (SSSR count). The number of hydrogen-bond acceptors (Lipinski definition) is 12. The van der Waals surface area contributed by atoms with Gasteiger partial charge in [0.1, 0.15) is 66.4 Å². The standard InChI is InChI=1S/C58H87F9O12S2/c1-10-19-28-70-43-37-46(73-31-22-13-4)52(47(38-43)74-32-23-14-5)80(79-81(68,69)58(66,67)56(61,62)55(59,60)57(63,64)65,53-48(75-33-24-15-6)39-44(71-29-20-11-2)40-49(53)76-34-25-16-7)54-50(77-35-26-17-8)41-45(72-30-21-12-3)42-51(54)78-36-27-18-9/h37-42H,10-36H2,1-9H3. The normalized spacial score (nSPS) is 12.8. The van der Waals surface area contributed by atoms with Crippen LogP contribution in [0, 0.1) is 0 Å². The van der Waals surface area contributed by atoms with Crippen molar-refractivity contribution in [3.05, 3.63) is 36.4 Å². The third-order valence-corrected chi connectivity index (χ3v) is 17.6. The van der Waals surface area contributed by atoms with Crippen LogP contribution in [0.2, 0.25) is 0 Å². The lowest BCUT2D eigenvalue weighted by molar-refractivity contribution is -0.382. The highest BCUT2D eigenvalue weighted by molar-refractivity contribution is 8.33. The minimum Gasteiger partial charge on any atom is -0.493 e. The molecule has 0 bridgehead atoms. The van der Waals surface area contributed by atoms with Gasteiger partial charge in [-0.15, -0.1) is 0 Å². The van der Waals surface area contributed by atoms with Crippen molar-refractivity contribution in [2.24, 2.45) is 0 Å². The Labute approximate surface area is 476 Å². The smallest absolute Gasteiger partial charge is 0.460 e. The zero-order valence-corrected chi connectivity index (χ0v) is 50.3. The number of halogens is 9. The Kier molecular flexibility index (Phi) is 30.0. The van der Waals surface area contributed by atoms with Crippen molar-refractivity contribution in [2.45, 2.75) is 216 Å². The summed E-state index contributed by atoms with van der Waals surface area (Å²) >= 11 is 0. The van der Waals surface area contributed by atoms with Crippen molar-refractivity contribution in [2.75, 3.05) is 59.5 Å². The van der Waals surface area contributed by atoms with Crippen LogP contribution in [0.4, 0.5) is 39.5 Å². The maximum Gasteiger partial charge on any atom is 0.460 e. The number of benzene rings is 3. The van der Waals surface area contributed by atoms with Crippen molar-refractivity contribution >= 4 is 20.4 Å². The molecule has 0 aliphatic heterocycles. The molecule has 3 aromatic carbocycles. The van der Waals surface area contributed by atoms with Crippen molar-refractivity contribution in [3.8, 4) is 51.7 Å². The Morgan fingerprint density at radius 2 is 0.519 bits per heavy atom. The van der Waals surface area contributed by atoms with Crippen molar-refractivity contribution in [3.63, 3.8) is 0 Å². The first kappa shape index (κ1) is 70.8. The van der Waals surface area contributed by atoms with Crippen LogP contribution in [-0.4, -0.2) is 91.2 Å². The molecule has 466 valence electrons. The van der Waals surface area contributed by atoms with E-state index in [2.05, 4.69) is 0 Å². The number of alkyl halides is 9. The lowest BCUT2D eigenvalue weighted by Gasteiger charge is -2.44. The van der Waals surface area contributed by atoms with Gasteiger partial charge in [-0.3, -0.25) is 0 Å². The second-order valence-corrected chi connectivity index (χ2v) is 23.6. The molecular formula is C58H87F9O12S2. The number of unbranched alkanes of at least 4 members (excludes halogenated alkanes) is 9. The summed E-state index contributed by atoms with van der Waals surface area (Å²) in [5.41, 5.74) is 0. The van der Waals surface area contributed by atoms with Gasteiger partial charge >= 0.3 is 33.4 Å². The van der Waals surface area contributed by atoms with E-state index in [-0.39, 0.29) is 76.7 Å². The van der Waals surface area contributed by atoms with E-state index >= 15 is 34.8 Å². The maximum absolute atomic E-state index is 17.2. The Bertz CT molecular complexity index is 2140. The summed E-state index contributed by atoms with van der Waals surface area (Å²) in [4.78, 5) is -1.91. The van der Waals surface area contributed by atoms with E-state index in [0.717, 1.165) is 0 Å². The van der Waals surface area contributed by atoms with Gasteiger partial charge in [0.05, 0.1) is 59.5 Å². The molecule has 0 unspecified atom stereocenters. The van der Waals surface area contributed by atoms with Gasteiger partial charge < -0.3 is 42.6 Å². The maximum atomic E-state index is 17.2. The van der Waals surface area contributed by atoms with Crippen LogP contribution in [0.25, 0.3) is 0 Å². The van der Waals surface area contributed by atoms with Gasteiger partial charge in [-0.25, -0.2) is 3.63 Å². The monoisotopic (exact) mass is 1210 g/mol. The molecule has 0 aliphatic rings. The van der Waals surface area contributed by atoms with Crippen molar-refractivity contribution in [1.82, 2.24) is 0 Å². The minimum atomic E-state index is -7.95. The highest BCUT2D eigenvalue weighted by Gasteiger charge is 2.86. The predicted molar refractivity (Wildman–Crippen MR) is 296 cm³/mol. The molecule has 0 atom stereocenters. The average molecular weight is 1210 g/mol. The molecule has 0 fully saturated rings. The molecule has 12 nitrogen and oxygen atoms in total. The Hall–Kier alpha value is -4.51. The molecule has 0 N–H and O–H groups in total. The molecule has 0 aromatic heterocycles. The van der Waals surface area contributed by atoms with Crippen LogP contribution in [0.15, 0.2) is 51.1 Å². The predicted octanol–water partition coefficient (Wildman–Crippen LogP) is 18.3. The van der Waals surface area contributed by atoms with Gasteiger partial charge in [-0.1, -0.05) is 120 Å². The minimum absolute atomic E-state index is 0.0278. The third kappa shape index (κ3) is 18.5. The molecule has 81 heavy (non-hydrogen) atoms. The lowest BCUT2D eigenvalue weighted by Crippen LogP contribution is -2.63. The second-order valence-electron chi connectivity index (χ2n) is 19.3. The summed E-state index contributed by atoms with van der Waals surface area (Å²) in [6, 6.07) is 7.69. The largest absolute Gasteiger partial charge is 0.493 e. The van der Waals surface area contributed by atoms with Crippen LogP contribution in [0.5, 0.6) is 51.7 Å². The summed E-state index contributed by atoms with van der Waals surface area (Å²) in [5, 5.41) is -7.42. The van der Waals surface area contributed by atoms with E-state index in [1.807, 2.05) is 62.3 Å². The van der Waals surface area contributed by atoms with Crippen molar-refractivity contribution in [1.29, 1.82) is 0 Å². The van der Waals surface area contributed by atoms with E-state index < -0.39 is 92.9 Å². The first-order valence-corrected chi connectivity index (χ1v) is 31.7. The van der Waals surface area contributed by atoms with Gasteiger partial charge in [0, 0.05) is 36.4 Å². The number of hydrogen-bond donors (Lipinski definition) is 0. The van der Waals surface area contributed by atoms with Crippen LogP contribution in [0.1, 0.15) is 178 Å². The average Bonchev–Trinajstić information content (AvgIpc) is 3.40. The molecule has 0 aliphatic carbocycles. The van der Waals surface area contributed by atoms with Crippen LogP contribution >= 0.6 is 10.3 Å². The number of ether oxygens (including phenoxy) is 9. The summed E-state index contributed by atoms with van der Waals surface area (Å²) in [5.74, 6) is -17.9. The first-order valence-electron chi connectivity index (χ1n) is 28.7. The Morgan fingerprint density at radius 3 is 0.704 bits per heavy atom. The fourth-order valence-corrected chi connectivity index (χ4v) is 13.2. The molecule has 0 amide bonds. The molecule has 0 saturated carbocycles. The van der Waals surface area contributed by atoms with Crippen LogP contribution < -0.4 is 42.6 Å². The third-order valence-electron chi connectivity index (χ3n) is 12.3.